The molecule has 5 heteroatoms. The zero-order chi connectivity index (χ0) is 17.2. The molecule has 1 N–H and O–H groups in total. The second-order valence-electron chi connectivity index (χ2n) is 6.45. The van der Waals surface area contributed by atoms with Crippen LogP contribution in [-0.2, 0) is 11.2 Å². The Hall–Kier alpha value is -2.69. The molecule has 4 rings (SSSR count). The number of anilines is 2. The smallest absolute Gasteiger partial charge is 0.249 e. The SMILES string of the molecule is C[C@@H](Nc1ccc2c(c1)OCCCO2)C(=O)N1CCc2ccccc21. The molecule has 2 aromatic rings. The summed E-state index contributed by atoms with van der Waals surface area (Å²) in [5.74, 6) is 1.57. The quantitative estimate of drug-likeness (QED) is 0.933. The van der Waals surface area contributed by atoms with Crippen molar-refractivity contribution < 1.29 is 14.3 Å². The maximum atomic E-state index is 12.9. The van der Waals surface area contributed by atoms with Gasteiger partial charge in [-0.2, -0.15) is 0 Å². The summed E-state index contributed by atoms with van der Waals surface area (Å²) in [6, 6.07) is 13.5. The Morgan fingerprint density at radius 2 is 1.92 bits per heavy atom. The van der Waals surface area contributed by atoms with Gasteiger partial charge in [-0.3, -0.25) is 4.79 Å². The standard InChI is InChI=1S/C20H22N2O3/c1-14(20(23)22-10-9-15-5-2-3-6-17(15)22)21-16-7-8-18-19(13-16)25-12-4-11-24-18/h2-3,5-8,13-14,21H,4,9-12H2,1H3/t14-/m1/s1. The van der Waals surface area contributed by atoms with Crippen molar-refractivity contribution in [3.8, 4) is 11.5 Å². The molecule has 5 nitrogen and oxygen atoms in total. The van der Waals surface area contributed by atoms with Crippen LogP contribution in [0.25, 0.3) is 0 Å². The van der Waals surface area contributed by atoms with Crippen LogP contribution in [-0.4, -0.2) is 31.7 Å². The maximum absolute atomic E-state index is 12.9. The molecule has 1 atom stereocenters. The number of benzene rings is 2. The van der Waals surface area contributed by atoms with Crippen molar-refractivity contribution in [2.45, 2.75) is 25.8 Å². The van der Waals surface area contributed by atoms with Gasteiger partial charge < -0.3 is 19.7 Å². The number of carbonyl (C=O) groups excluding carboxylic acids is 1. The van der Waals surface area contributed by atoms with Crippen molar-refractivity contribution in [2.24, 2.45) is 0 Å². The van der Waals surface area contributed by atoms with Gasteiger partial charge in [0.1, 0.15) is 6.04 Å². The summed E-state index contributed by atoms with van der Waals surface area (Å²) in [6.07, 6.45) is 1.79. The molecule has 2 aliphatic heterocycles. The Balaban J connectivity index is 1.48. The molecule has 0 saturated heterocycles. The molecule has 0 aliphatic carbocycles. The lowest BCUT2D eigenvalue weighted by Crippen LogP contribution is -2.40. The van der Waals surface area contributed by atoms with Gasteiger partial charge >= 0.3 is 0 Å². The molecule has 0 aromatic heterocycles. The summed E-state index contributed by atoms with van der Waals surface area (Å²) < 4.78 is 11.4. The highest BCUT2D eigenvalue weighted by atomic mass is 16.5. The minimum atomic E-state index is -0.323. The average molecular weight is 338 g/mol. The van der Waals surface area contributed by atoms with Gasteiger partial charge in [0, 0.05) is 30.4 Å². The molecule has 25 heavy (non-hydrogen) atoms. The number of nitrogens with one attached hydrogen (secondary N) is 1. The van der Waals surface area contributed by atoms with Crippen LogP contribution in [0.2, 0.25) is 0 Å². The van der Waals surface area contributed by atoms with Crippen molar-refractivity contribution in [2.75, 3.05) is 30.0 Å². The first-order valence-corrected chi connectivity index (χ1v) is 8.78. The lowest BCUT2D eigenvalue weighted by Gasteiger charge is -2.23. The second kappa shape index (κ2) is 6.67. The predicted molar refractivity (Wildman–Crippen MR) is 97.6 cm³/mol. The molecule has 0 fully saturated rings. The highest BCUT2D eigenvalue weighted by Gasteiger charge is 2.27. The number of nitrogens with zero attached hydrogens (tertiary/aromatic N) is 1. The van der Waals surface area contributed by atoms with E-state index in [1.165, 1.54) is 5.56 Å². The van der Waals surface area contributed by atoms with Crippen LogP contribution in [0.3, 0.4) is 0 Å². The molecule has 0 radical (unpaired) electrons. The van der Waals surface area contributed by atoms with Crippen LogP contribution < -0.4 is 19.7 Å². The first-order chi connectivity index (χ1) is 12.2. The second-order valence-corrected chi connectivity index (χ2v) is 6.45. The van der Waals surface area contributed by atoms with Crippen molar-refractivity contribution in [1.82, 2.24) is 0 Å². The number of amides is 1. The van der Waals surface area contributed by atoms with Crippen LogP contribution in [0.4, 0.5) is 11.4 Å². The third-order valence-electron chi connectivity index (χ3n) is 4.65. The Bertz CT molecular complexity index is 790. The van der Waals surface area contributed by atoms with E-state index in [1.807, 2.05) is 48.2 Å². The fraction of sp³-hybridized carbons (Fsp3) is 0.350. The molecule has 2 aromatic carbocycles. The Labute approximate surface area is 147 Å². The molecular formula is C20H22N2O3. The average Bonchev–Trinajstić information content (AvgIpc) is 2.92. The van der Waals surface area contributed by atoms with Crippen LogP contribution in [0.1, 0.15) is 18.9 Å². The largest absolute Gasteiger partial charge is 0.490 e. The van der Waals surface area contributed by atoms with Gasteiger partial charge in [-0.1, -0.05) is 18.2 Å². The van der Waals surface area contributed by atoms with Gasteiger partial charge in [0.2, 0.25) is 5.91 Å². The lowest BCUT2D eigenvalue weighted by molar-refractivity contribution is -0.118. The third kappa shape index (κ3) is 3.14. The van der Waals surface area contributed by atoms with E-state index in [2.05, 4.69) is 11.4 Å². The molecule has 0 spiro atoms. The number of rotatable bonds is 3. The van der Waals surface area contributed by atoms with Crippen molar-refractivity contribution in [3.63, 3.8) is 0 Å². The Kier molecular flexibility index (Phi) is 4.22. The number of fused-ring (bicyclic) bond motifs is 2. The molecule has 0 bridgehead atoms. The fourth-order valence-electron chi connectivity index (χ4n) is 3.37. The van der Waals surface area contributed by atoms with Gasteiger partial charge in [-0.05, 0) is 37.1 Å². The van der Waals surface area contributed by atoms with E-state index in [0.29, 0.717) is 13.2 Å². The molecule has 2 aliphatic rings. The molecule has 0 unspecified atom stereocenters. The van der Waals surface area contributed by atoms with Crippen LogP contribution >= 0.6 is 0 Å². The highest BCUT2D eigenvalue weighted by Crippen LogP contribution is 2.33. The summed E-state index contributed by atoms with van der Waals surface area (Å²) in [4.78, 5) is 14.7. The van der Waals surface area contributed by atoms with Gasteiger partial charge in [0.15, 0.2) is 11.5 Å². The van der Waals surface area contributed by atoms with E-state index in [1.54, 1.807) is 0 Å². The fourth-order valence-corrected chi connectivity index (χ4v) is 3.37. The summed E-state index contributed by atoms with van der Waals surface area (Å²) >= 11 is 0. The number of carbonyl (C=O) groups is 1. The van der Waals surface area contributed by atoms with Gasteiger partial charge in [-0.15, -0.1) is 0 Å². The van der Waals surface area contributed by atoms with Gasteiger partial charge in [0.05, 0.1) is 13.2 Å². The van der Waals surface area contributed by atoms with Crippen LogP contribution in [0.15, 0.2) is 42.5 Å². The van der Waals surface area contributed by atoms with Gasteiger partial charge in [-0.25, -0.2) is 0 Å². The minimum absolute atomic E-state index is 0.0806. The van der Waals surface area contributed by atoms with Crippen molar-refractivity contribution >= 4 is 17.3 Å². The van der Waals surface area contributed by atoms with E-state index >= 15 is 0 Å². The van der Waals surface area contributed by atoms with E-state index in [0.717, 1.165) is 42.3 Å². The summed E-state index contributed by atoms with van der Waals surface area (Å²) in [6.45, 7) is 3.95. The number of hydrogen-bond donors (Lipinski definition) is 1. The van der Waals surface area contributed by atoms with Crippen LogP contribution in [0, 0.1) is 0 Å². The first-order valence-electron chi connectivity index (χ1n) is 8.78. The third-order valence-corrected chi connectivity index (χ3v) is 4.65. The molecule has 2 heterocycles. The Morgan fingerprint density at radius 1 is 1.12 bits per heavy atom. The normalized spacial score (nSPS) is 16.8. The van der Waals surface area contributed by atoms with E-state index in [9.17, 15) is 4.79 Å². The van der Waals surface area contributed by atoms with Crippen molar-refractivity contribution in [1.29, 1.82) is 0 Å². The molecule has 0 saturated carbocycles. The maximum Gasteiger partial charge on any atom is 0.249 e. The molecule has 130 valence electrons. The molecular weight excluding hydrogens is 316 g/mol. The summed E-state index contributed by atoms with van der Waals surface area (Å²) in [5, 5.41) is 3.29. The van der Waals surface area contributed by atoms with Crippen LogP contribution in [0.5, 0.6) is 11.5 Å². The molecule has 1 amide bonds. The lowest BCUT2D eigenvalue weighted by atomic mass is 10.2. The Morgan fingerprint density at radius 3 is 2.80 bits per heavy atom. The predicted octanol–water partition coefficient (Wildman–Crippen LogP) is 3.24. The zero-order valence-electron chi connectivity index (χ0n) is 14.3. The number of para-hydroxylation sites is 1. The number of ether oxygens (including phenoxy) is 2. The van der Waals surface area contributed by atoms with E-state index in [4.69, 9.17) is 9.47 Å². The summed E-state index contributed by atoms with van der Waals surface area (Å²) in [7, 11) is 0. The zero-order valence-corrected chi connectivity index (χ0v) is 14.3. The number of hydrogen-bond acceptors (Lipinski definition) is 4. The monoisotopic (exact) mass is 338 g/mol. The minimum Gasteiger partial charge on any atom is -0.490 e. The highest BCUT2D eigenvalue weighted by molar-refractivity contribution is 6.00. The van der Waals surface area contributed by atoms with Crippen molar-refractivity contribution in [3.05, 3.63) is 48.0 Å². The first kappa shape index (κ1) is 15.8. The van der Waals surface area contributed by atoms with E-state index < -0.39 is 0 Å². The summed E-state index contributed by atoms with van der Waals surface area (Å²) in [5.41, 5.74) is 3.12. The van der Waals surface area contributed by atoms with Gasteiger partial charge in [0.25, 0.3) is 0 Å². The topological polar surface area (TPSA) is 50.8 Å². The van der Waals surface area contributed by atoms with E-state index in [-0.39, 0.29) is 11.9 Å².